The van der Waals surface area contributed by atoms with E-state index in [2.05, 4.69) is 21.3 Å². The minimum atomic E-state index is -1.43. The summed E-state index contributed by atoms with van der Waals surface area (Å²) in [5.41, 5.74) is 2.30. The average Bonchev–Trinajstić information content (AvgIpc) is 3.85. The molecule has 0 saturated carbocycles. The van der Waals surface area contributed by atoms with E-state index in [0.29, 0.717) is 50.8 Å². The van der Waals surface area contributed by atoms with Crippen LogP contribution in [0.15, 0.2) is 54.6 Å². The highest BCUT2D eigenvalue weighted by atomic mass is 16.5. The van der Waals surface area contributed by atoms with E-state index in [9.17, 15) is 33.6 Å². The van der Waals surface area contributed by atoms with Gasteiger partial charge in [-0.25, -0.2) is 9.59 Å². The molecule has 7 atom stereocenters. The molecule has 0 aliphatic carbocycles. The lowest BCUT2D eigenvalue weighted by Crippen LogP contribution is -2.62. The summed E-state index contributed by atoms with van der Waals surface area (Å²) in [6, 6.07) is 9.53. The molecule has 0 radical (unpaired) electrons. The number of carbonyl (C=O) groups excluding carboxylic acids is 7. The SMILES string of the molecule is CCc1cccc(NC(=O)N[C@@H](Cc2ccccc2)C(=O)N[C@H]2COC(=O)C3C[C@@H](C)CN3C(=O)[C@H](C)NC(=O)[C@@H]3CCCCN3C(=O)[C@@H]3CCCN3C2=O)c1. The summed E-state index contributed by atoms with van der Waals surface area (Å²) in [4.78, 5) is 102. The largest absolute Gasteiger partial charge is 0.461 e. The Kier molecular flexibility index (Phi) is 12.9. The summed E-state index contributed by atoms with van der Waals surface area (Å²) in [5, 5.41) is 11.1. The van der Waals surface area contributed by atoms with Gasteiger partial charge in [0.05, 0.1) is 0 Å². The molecule has 0 bridgehead atoms. The maximum absolute atomic E-state index is 14.5. The van der Waals surface area contributed by atoms with E-state index in [1.54, 1.807) is 13.0 Å². The summed E-state index contributed by atoms with van der Waals surface area (Å²) in [7, 11) is 0. The molecule has 4 saturated heterocycles. The molecule has 4 aliphatic rings. The minimum absolute atomic E-state index is 0.0455. The summed E-state index contributed by atoms with van der Waals surface area (Å²) in [6.45, 7) is 5.69. The molecule has 0 aromatic heterocycles. The topological polar surface area (TPSA) is 187 Å². The number of nitrogens with one attached hydrogen (secondary N) is 4. The lowest BCUT2D eigenvalue weighted by Gasteiger charge is -2.39. The Morgan fingerprint density at radius 3 is 2.30 bits per heavy atom. The normalized spacial score (nSPS) is 26.7. The molecule has 0 spiro atoms. The number of fused-ring (bicyclic) bond motifs is 3. The van der Waals surface area contributed by atoms with Crippen molar-refractivity contribution >= 4 is 47.2 Å². The molecule has 56 heavy (non-hydrogen) atoms. The third-order valence-corrected chi connectivity index (χ3v) is 11.2. The first-order chi connectivity index (χ1) is 26.9. The van der Waals surface area contributed by atoms with Gasteiger partial charge in [0.15, 0.2) is 0 Å². The third kappa shape index (κ3) is 9.31. The van der Waals surface area contributed by atoms with Crippen LogP contribution < -0.4 is 21.3 Å². The van der Waals surface area contributed by atoms with Gasteiger partial charge in [-0.3, -0.25) is 24.0 Å². The highest BCUT2D eigenvalue weighted by Gasteiger charge is 2.46. The standard InChI is InChI=1S/C41H53N7O8/c1-4-27-14-10-15-29(21-27)43-41(55)45-30(22-28-12-6-5-7-13-28)35(49)44-31-24-56-40(54)34-20-25(2)23-48(34)37(51)26(3)42-36(50)32-16-8-9-18-46(32)39(53)33-17-11-19-47(33)38(31)52/h5-7,10,12-15,21,25-26,30-34H,4,8-9,11,16-20,22-24H2,1-3H3,(H,42,50)(H,44,49)(H2,43,45,55)/t25-,26+,30+,31+,32+,33+,34?/m1/s1. The Labute approximate surface area is 327 Å². The van der Waals surface area contributed by atoms with Crippen molar-refractivity contribution in [3.05, 3.63) is 65.7 Å². The lowest BCUT2D eigenvalue weighted by atomic mass is 9.99. The molecule has 15 heteroatoms. The first-order valence-electron chi connectivity index (χ1n) is 19.8. The van der Waals surface area contributed by atoms with Gasteiger partial charge in [-0.15, -0.1) is 0 Å². The summed E-state index contributed by atoms with van der Waals surface area (Å²) >= 11 is 0. The van der Waals surface area contributed by atoms with Gasteiger partial charge in [-0.1, -0.05) is 56.3 Å². The van der Waals surface area contributed by atoms with Gasteiger partial charge in [-0.2, -0.15) is 0 Å². The van der Waals surface area contributed by atoms with Crippen LogP contribution in [0.4, 0.5) is 10.5 Å². The van der Waals surface area contributed by atoms with Crippen LogP contribution in [0.1, 0.15) is 70.4 Å². The monoisotopic (exact) mass is 771 g/mol. The second kappa shape index (κ2) is 18.0. The molecule has 2 aromatic carbocycles. The summed E-state index contributed by atoms with van der Waals surface area (Å²) in [6.07, 6.45) is 3.80. The Hall–Kier alpha value is -5.47. The Morgan fingerprint density at radius 2 is 1.54 bits per heavy atom. The van der Waals surface area contributed by atoms with E-state index >= 15 is 0 Å². The van der Waals surface area contributed by atoms with Crippen molar-refractivity contribution in [2.75, 3.05) is 31.6 Å². The Balaban J connectivity index is 1.29. The Morgan fingerprint density at radius 1 is 0.821 bits per heavy atom. The van der Waals surface area contributed by atoms with Crippen molar-refractivity contribution in [1.29, 1.82) is 0 Å². The first-order valence-corrected chi connectivity index (χ1v) is 19.8. The van der Waals surface area contributed by atoms with Gasteiger partial charge in [0.25, 0.3) is 0 Å². The van der Waals surface area contributed by atoms with E-state index < -0.39 is 78.5 Å². The number of amides is 7. The van der Waals surface area contributed by atoms with Crippen molar-refractivity contribution in [3.63, 3.8) is 0 Å². The number of anilines is 1. The Bertz CT molecular complexity index is 1810. The van der Waals surface area contributed by atoms with Gasteiger partial charge in [0.2, 0.25) is 29.5 Å². The van der Waals surface area contributed by atoms with E-state index in [0.717, 1.165) is 17.5 Å². The predicted molar refractivity (Wildman–Crippen MR) is 206 cm³/mol. The fraction of sp³-hybridized carbons (Fsp3) is 0.537. The number of urea groups is 1. The predicted octanol–water partition coefficient (Wildman–Crippen LogP) is 2.14. The van der Waals surface area contributed by atoms with Gasteiger partial charge in [-0.05, 0) is 81.0 Å². The molecule has 4 heterocycles. The molecule has 300 valence electrons. The molecular formula is C41H53N7O8. The number of cyclic esters (lactones) is 1. The van der Waals surface area contributed by atoms with Crippen LogP contribution in [0.25, 0.3) is 0 Å². The van der Waals surface area contributed by atoms with Crippen LogP contribution in [0.2, 0.25) is 0 Å². The molecule has 2 aromatic rings. The molecule has 4 fully saturated rings. The average molecular weight is 772 g/mol. The van der Waals surface area contributed by atoms with Crippen LogP contribution in [0.5, 0.6) is 0 Å². The number of ether oxygens (including phenoxy) is 1. The highest BCUT2D eigenvalue weighted by Crippen LogP contribution is 2.28. The molecule has 4 aliphatic heterocycles. The molecule has 7 amide bonds. The van der Waals surface area contributed by atoms with Crippen LogP contribution in [0.3, 0.4) is 0 Å². The molecular weight excluding hydrogens is 718 g/mol. The van der Waals surface area contributed by atoms with Crippen molar-refractivity contribution in [1.82, 2.24) is 30.7 Å². The van der Waals surface area contributed by atoms with E-state index in [1.807, 2.05) is 62.4 Å². The quantitative estimate of drug-likeness (QED) is 0.309. The zero-order valence-corrected chi connectivity index (χ0v) is 32.3. The number of aryl methyl sites for hydroxylation is 1. The van der Waals surface area contributed by atoms with Gasteiger partial charge in [0.1, 0.15) is 42.9 Å². The van der Waals surface area contributed by atoms with Crippen molar-refractivity contribution < 1.29 is 38.3 Å². The zero-order chi connectivity index (χ0) is 39.9. The molecule has 1 unspecified atom stereocenters. The maximum atomic E-state index is 14.5. The number of benzene rings is 2. The number of piperidine rings is 1. The molecule has 4 N–H and O–H groups in total. The number of rotatable bonds is 7. The van der Waals surface area contributed by atoms with Gasteiger partial charge < -0.3 is 40.7 Å². The number of carbonyl (C=O) groups is 7. The second-order valence-electron chi connectivity index (χ2n) is 15.4. The zero-order valence-electron chi connectivity index (χ0n) is 32.3. The van der Waals surface area contributed by atoms with E-state index in [-0.39, 0.29) is 31.3 Å². The van der Waals surface area contributed by atoms with Crippen LogP contribution in [-0.2, 0) is 46.3 Å². The lowest BCUT2D eigenvalue weighted by molar-refractivity contribution is -0.158. The highest BCUT2D eigenvalue weighted by molar-refractivity contribution is 5.98. The van der Waals surface area contributed by atoms with Crippen molar-refractivity contribution in [2.45, 2.75) is 108 Å². The third-order valence-electron chi connectivity index (χ3n) is 11.2. The smallest absolute Gasteiger partial charge is 0.328 e. The van der Waals surface area contributed by atoms with Gasteiger partial charge >= 0.3 is 12.0 Å². The minimum Gasteiger partial charge on any atom is -0.461 e. The molecule has 6 rings (SSSR count). The number of hydrogen-bond donors (Lipinski definition) is 4. The fourth-order valence-corrected chi connectivity index (χ4v) is 8.24. The number of nitrogens with zero attached hydrogens (tertiary/aromatic N) is 3. The summed E-state index contributed by atoms with van der Waals surface area (Å²) in [5.74, 6) is -3.43. The van der Waals surface area contributed by atoms with E-state index in [4.69, 9.17) is 4.74 Å². The van der Waals surface area contributed by atoms with Crippen LogP contribution in [-0.4, -0.2) is 119 Å². The van der Waals surface area contributed by atoms with Gasteiger partial charge in [0, 0.05) is 31.7 Å². The first kappa shape index (κ1) is 40.2. The summed E-state index contributed by atoms with van der Waals surface area (Å²) < 4.78 is 5.76. The molecule has 15 nitrogen and oxygen atoms in total. The van der Waals surface area contributed by atoms with Crippen LogP contribution in [0, 0.1) is 5.92 Å². The number of esters is 1. The number of hydrogen-bond acceptors (Lipinski definition) is 8. The fourth-order valence-electron chi connectivity index (χ4n) is 8.24. The maximum Gasteiger partial charge on any atom is 0.328 e. The second-order valence-corrected chi connectivity index (χ2v) is 15.4. The van der Waals surface area contributed by atoms with Crippen LogP contribution >= 0.6 is 0 Å². The van der Waals surface area contributed by atoms with Crippen molar-refractivity contribution in [2.24, 2.45) is 5.92 Å². The van der Waals surface area contributed by atoms with E-state index in [1.165, 1.54) is 14.7 Å². The van der Waals surface area contributed by atoms with Crippen molar-refractivity contribution in [3.8, 4) is 0 Å².